The third kappa shape index (κ3) is 7.32. The van der Waals surface area contributed by atoms with Crippen molar-refractivity contribution in [3.05, 3.63) is 34.9 Å². The maximum atomic E-state index is 12.3. The molecule has 0 spiro atoms. The Balaban J connectivity index is 2.52. The zero-order chi connectivity index (χ0) is 18.1. The molecule has 2 N–H and O–H groups in total. The van der Waals surface area contributed by atoms with Gasteiger partial charge in [-0.05, 0) is 50.5 Å². The summed E-state index contributed by atoms with van der Waals surface area (Å²) in [5.74, 6) is -0.492. The molecule has 0 aliphatic rings. The van der Waals surface area contributed by atoms with Gasteiger partial charge in [0.05, 0.1) is 6.10 Å². The fraction of sp³-hybridized carbons (Fsp3) is 0.556. The number of hydrogen-bond acceptors (Lipinski definition) is 3. The Kier molecular flexibility index (Phi) is 8.79. The van der Waals surface area contributed by atoms with E-state index in [1.165, 1.54) is 0 Å². The molecule has 0 heterocycles. The molecule has 0 aromatic heterocycles. The number of ether oxygens (including phenoxy) is 1. The van der Waals surface area contributed by atoms with Gasteiger partial charge in [-0.1, -0.05) is 25.4 Å². The molecule has 2 amide bonds. The van der Waals surface area contributed by atoms with Crippen molar-refractivity contribution in [2.75, 3.05) is 13.2 Å². The minimum atomic E-state index is -0.584. The molecule has 0 aliphatic carbocycles. The molecule has 5 nitrogen and oxygen atoms in total. The summed E-state index contributed by atoms with van der Waals surface area (Å²) < 4.78 is 5.43. The summed E-state index contributed by atoms with van der Waals surface area (Å²) >= 11 is 5.82. The SMILES string of the molecule is CC(C)OCCCNC(=O)[C@@H](NC(=O)c1ccc(Cl)cc1)C(C)C. The van der Waals surface area contributed by atoms with E-state index in [1.54, 1.807) is 24.3 Å². The molecule has 0 aliphatic heterocycles. The van der Waals surface area contributed by atoms with Gasteiger partial charge in [0.15, 0.2) is 0 Å². The van der Waals surface area contributed by atoms with Crippen LogP contribution in [-0.4, -0.2) is 37.1 Å². The number of carbonyl (C=O) groups is 2. The Hall–Kier alpha value is -1.59. The monoisotopic (exact) mass is 354 g/mol. The lowest BCUT2D eigenvalue weighted by atomic mass is 10.0. The van der Waals surface area contributed by atoms with E-state index in [-0.39, 0.29) is 23.8 Å². The van der Waals surface area contributed by atoms with Crippen LogP contribution in [0.3, 0.4) is 0 Å². The van der Waals surface area contributed by atoms with Crippen LogP contribution in [0.1, 0.15) is 44.5 Å². The van der Waals surface area contributed by atoms with Crippen LogP contribution >= 0.6 is 11.6 Å². The first-order valence-corrected chi connectivity index (χ1v) is 8.64. The number of rotatable bonds is 9. The minimum Gasteiger partial charge on any atom is -0.379 e. The lowest BCUT2D eigenvalue weighted by molar-refractivity contribution is -0.124. The Bertz CT molecular complexity index is 530. The Labute approximate surface area is 149 Å². The van der Waals surface area contributed by atoms with Gasteiger partial charge in [-0.25, -0.2) is 0 Å². The first kappa shape index (κ1) is 20.5. The van der Waals surface area contributed by atoms with Crippen LogP contribution < -0.4 is 10.6 Å². The fourth-order valence-corrected chi connectivity index (χ4v) is 2.20. The number of carbonyl (C=O) groups excluding carboxylic acids is 2. The lowest BCUT2D eigenvalue weighted by Crippen LogP contribution is -2.50. The molecule has 1 aromatic carbocycles. The summed E-state index contributed by atoms with van der Waals surface area (Å²) in [4.78, 5) is 24.6. The fourth-order valence-electron chi connectivity index (χ4n) is 2.07. The van der Waals surface area contributed by atoms with Crippen LogP contribution in [0.25, 0.3) is 0 Å². The first-order chi connectivity index (χ1) is 11.3. The van der Waals surface area contributed by atoms with E-state index < -0.39 is 6.04 Å². The number of nitrogens with one attached hydrogen (secondary N) is 2. The molecule has 1 atom stereocenters. The van der Waals surface area contributed by atoms with Gasteiger partial charge in [0.2, 0.25) is 5.91 Å². The van der Waals surface area contributed by atoms with E-state index in [2.05, 4.69) is 10.6 Å². The van der Waals surface area contributed by atoms with E-state index >= 15 is 0 Å². The topological polar surface area (TPSA) is 67.4 Å². The lowest BCUT2D eigenvalue weighted by Gasteiger charge is -2.22. The molecule has 0 bridgehead atoms. The van der Waals surface area contributed by atoms with Gasteiger partial charge in [-0.2, -0.15) is 0 Å². The van der Waals surface area contributed by atoms with E-state index in [0.717, 1.165) is 6.42 Å². The zero-order valence-corrected chi connectivity index (χ0v) is 15.5. The Morgan fingerprint density at radius 2 is 1.75 bits per heavy atom. The van der Waals surface area contributed by atoms with E-state index in [0.29, 0.717) is 23.7 Å². The average molecular weight is 355 g/mol. The summed E-state index contributed by atoms with van der Waals surface area (Å²) in [7, 11) is 0. The molecular weight excluding hydrogens is 328 g/mol. The van der Waals surface area contributed by atoms with Crippen LogP contribution in [0.5, 0.6) is 0 Å². The maximum Gasteiger partial charge on any atom is 0.251 e. The van der Waals surface area contributed by atoms with E-state index in [1.807, 2.05) is 27.7 Å². The molecule has 1 rings (SSSR count). The average Bonchev–Trinajstić information content (AvgIpc) is 2.51. The van der Waals surface area contributed by atoms with Crippen molar-refractivity contribution in [1.82, 2.24) is 10.6 Å². The van der Waals surface area contributed by atoms with Crippen LogP contribution in [0.4, 0.5) is 0 Å². The highest BCUT2D eigenvalue weighted by Gasteiger charge is 2.24. The third-order valence-corrected chi connectivity index (χ3v) is 3.67. The predicted molar refractivity (Wildman–Crippen MR) is 96.3 cm³/mol. The third-order valence-electron chi connectivity index (χ3n) is 3.41. The summed E-state index contributed by atoms with van der Waals surface area (Å²) in [5, 5.41) is 6.20. The van der Waals surface area contributed by atoms with Crippen molar-refractivity contribution in [1.29, 1.82) is 0 Å². The quantitative estimate of drug-likeness (QED) is 0.670. The summed E-state index contributed by atoms with van der Waals surface area (Å²) in [6, 6.07) is 5.98. The summed E-state index contributed by atoms with van der Waals surface area (Å²) in [6.45, 7) is 8.86. The number of benzene rings is 1. The van der Waals surface area contributed by atoms with Crippen molar-refractivity contribution in [2.24, 2.45) is 5.92 Å². The summed E-state index contributed by atoms with van der Waals surface area (Å²) in [6.07, 6.45) is 0.919. The molecule has 0 radical (unpaired) electrons. The number of amides is 2. The number of hydrogen-bond donors (Lipinski definition) is 2. The van der Waals surface area contributed by atoms with Crippen molar-refractivity contribution >= 4 is 23.4 Å². The second-order valence-electron chi connectivity index (χ2n) is 6.27. The minimum absolute atomic E-state index is 0.0202. The van der Waals surface area contributed by atoms with Crippen molar-refractivity contribution in [2.45, 2.75) is 46.3 Å². The Morgan fingerprint density at radius 3 is 2.29 bits per heavy atom. The molecule has 0 unspecified atom stereocenters. The van der Waals surface area contributed by atoms with Gasteiger partial charge in [0.25, 0.3) is 5.91 Å². The van der Waals surface area contributed by atoms with Crippen LogP contribution in [-0.2, 0) is 9.53 Å². The highest BCUT2D eigenvalue weighted by atomic mass is 35.5. The summed E-state index contributed by atoms with van der Waals surface area (Å²) in [5.41, 5.74) is 0.475. The van der Waals surface area contributed by atoms with E-state index in [4.69, 9.17) is 16.3 Å². The smallest absolute Gasteiger partial charge is 0.251 e. The molecule has 0 fully saturated rings. The predicted octanol–water partition coefficient (Wildman–Crippen LogP) is 3.03. The largest absolute Gasteiger partial charge is 0.379 e. The zero-order valence-electron chi connectivity index (χ0n) is 14.8. The van der Waals surface area contributed by atoms with Crippen LogP contribution in [0.15, 0.2) is 24.3 Å². The van der Waals surface area contributed by atoms with E-state index in [9.17, 15) is 9.59 Å². The van der Waals surface area contributed by atoms with Gasteiger partial charge in [0, 0.05) is 23.7 Å². The Morgan fingerprint density at radius 1 is 1.12 bits per heavy atom. The van der Waals surface area contributed by atoms with Gasteiger partial charge in [0.1, 0.15) is 6.04 Å². The van der Waals surface area contributed by atoms with Gasteiger partial charge in [-0.15, -0.1) is 0 Å². The highest BCUT2D eigenvalue weighted by Crippen LogP contribution is 2.10. The molecule has 0 saturated carbocycles. The normalized spacial score (nSPS) is 12.3. The molecule has 24 heavy (non-hydrogen) atoms. The van der Waals surface area contributed by atoms with Gasteiger partial charge < -0.3 is 15.4 Å². The number of halogens is 1. The van der Waals surface area contributed by atoms with Crippen molar-refractivity contribution in [3.8, 4) is 0 Å². The standard InChI is InChI=1S/C18H27ClN2O3/c1-12(2)16(18(23)20-10-5-11-24-13(3)4)21-17(22)14-6-8-15(19)9-7-14/h6-9,12-13,16H,5,10-11H2,1-4H3,(H,20,23)(H,21,22)/t16-/m0/s1. The first-order valence-electron chi connectivity index (χ1n) is 8.27. The van der Waals surface area contributed by atoms with Crippen LogP contribution in [0, 0.1) is 5.92 Å². The highest BCUT2D eigenvalue weighted by molar-refractivity contribution is 6.30. The molecule has 0 saturated heterocycles. The van der Waals surface area contributed by atoms with Crippen molar-refractivity contribution < 1.29 is 14.3 Å². The molecule has 134 valence electrons. The second kappa shape index (κ2) is 10.3. The molecule has 1 aromatic rings. The molecular formula is C18H27ClN2O3. The van der Waals surface area contributed by atoms with Gasteiger partial charge >= 0.3 is 0 Å². The second-order valence-corrected chi connectivity index (χ2v) is 6.70. The van der Waals surface area contributed by atoms with Crippen molar-refractivity contribution in [3.63, 3.8) is 0 Å². The van der Waals surface area contributed by atoms with Crippen LogP contribution in [0.2, 0.25) is 5.02 Å². The molecule has 6 heteroatoms. The maximum absolute atomic E-state index is 12.3. The van der Waals surface area contributed by atoms with Gasteiger partial charge in [-0.3, -0.25) is 9.59 Å².